The summed E-state index contributed by atoms with van der Waals surface area (Å²) in [5, 5.41) is 9.31. The van der Waals surface area contributed by atoms with Crippen molar-refractivity contribution in [3.05, 3.63) is 28.5 Å². The molecule has 21 heavy (non-hydrogen) atoms. The molecule has 1 aromatic rings. The molecule has 1 atom stereocenters. The molecule has 0 aliphatic carbocycles. The highest BCUT2D eigenvalue weighted by atomic mass is 79.9. The first-order chi connectivity index (χ1) is 9.73. The van der Waals surface area contributed by atoms with E-state index in [2.05, 4.69) is 15.9 Å². The number of carbonyl (C=O) groups is 1. The fraction of sp³-hybridized carbons (Fsp3) is 0.462. The van der Waals surface area contributed by atoms with Gasteiger partial charge >= 0.3 is 5.97 Å². The Morgan fingerprint density at radius 1 is 1.52 bits per heavy atom. The molecule has 1 N–H and O–H groups in total. The second-order valence-electron chi connectivity index (χ2n) is 5.10. The number of rotatable bonds is 4. The topological polar surface area (TPSA) is 74.7 Å². The van der Waals surface area contributed by atoms with E-state index in [4.69, 9.17) is 0 Å². The Labute approximate surface area is 130 Å². The zero-order valence-electron chi connectivity index (χ0n) is 11.3. The zero-order valence-corrected chi connectivity index (χ0v) is 13.7. The standard InChI is InChI=1S/C13H15BrFNO4S/c1-2-13(12(17)18)5-6-16(8-13)21(19,20)9-3-4-10(14)11(15)7-9/h3-4,7H,2,5-6,8H2,1H3,(H,17,18). The minimum Gasteiger partial charge on any atom is -0.481 e. The van der Waals surface area contributed by atoms with Crippen molar-refractivity contribution in [2.75, 3.05) is 13.1 Å². The highest BCUT2D eigenvalue weighted by Crippen LogP contribution is 2.37. The molecule has 0 amide bonds. The van der Waals surface area contributed by atoms with Gasteiger partial charge in [0, 0.05) is 13.1 Å². The van der Waals surface area contributed by atoms with Crippen molar-refractivity contribution in [3.63, 3.8) is 0 Å². The summed E-state index contributed by atoms with van der Waals surface area (Å²) in [5.41, 5.74) is -1.05. The molecule has 5 nitrogen and oxygen atoms in total. The van der Waals surface area contributed by atoms with Gasteiger partial charge < -0.3 is 5.11 Å². The predicted octanol–water partition coefficient (Wildman–Crippen LogP) is 2.46. The number of benzene rings is 1. The fourth-order valence-corrected chi connectivity index (χ4v) is 4.23. The smallest absolute Gasteiger partial charge is 0.311 e. The average Bonchev–Trinajstić information content (AvgIpc) is 2.88. The van der Waals surface area contributed by atoms with Crippen LogP contribution in [0.4, 0.5) is 4.39 Å². The molecule has 0 spiro atoms. The van der Waals surface area contributed by atoms with Crippen LogP contribution in [-0.2, 0) is 14.8 Å². The lowest BCUT2D eigenvalue weighted by molar-refractivity contribution is -0.148. The van der Waals surface area contributed by atoms with E-state index in [0.29, 0.717) is 6.42 Å². The van der Waals surface area contributed by atoms with Crippen LogP contribution in [-0.4, -0.2) is 36.9 Å². The number of sulfonamides is 1. The van der Waals surface area contributed by atoms with Gasteiger partial charge in [-0.3, -0.25) is 4.79 Å². The van der Waals surface area contributed by atoms with Gasteiger partial charge in [0.1, 0.15) is 5.82 Å². The quantitative estimate of drug-likeness (QED) is 0.871. The second-order valence-corrected chi connectivity index (χ2v) is 7.90. The number of hydrogen-bond acceptors (Lipinski definition) is 3. The Hall–Kier alpha value is -0.990. The largest absolute Gasteiger partial charge is 0.481 e. The Morgan fingerprint density at radius 3 is 2.67 bits per heavy atom. The molecular formula is C13H15BrFNO4S. The van der Waals surface area contributed by atoms with E-state index in [9.17, 15) is 22.7 Å². The van der Waals surface area contributed by atoms with Crippen LogP contribution in [0.15, 0.2) is 27.6 Å². The highest BCUT2D eigenvalue weighted by molar-refractivity contribution is 9.10. The van der Waals surface area contributed by atoms with Gasteiger partial charge in [-0.15, -0.1) is 0 Å². The van der Waals surface area contributed by atoms with Crippen molar-refractivity contribution in [3.8, 4) is 0 Å². The van der Waals surface area contributed by atoms with Crippen LogP contribution in [0.2, 0.25) is 0 Å². The maximum absolute atomic E-state index is 13.5. The first-order valence-corrected chi connectivity index (χ1v) is 8.65. The van der Waals surface area contributed by atoms with E-state index < -0.39 is 27.2 Å². The molecule has 2 rings (SSSR count). The molecule has 0 radical (unpaired) electrons. The second kappa shape index (κ2) is 5.66. The van der Waals surface area contributed by atoms with Crippen LogP contribution in [0.5, 0.6) is 0 Å². The monoisotopic (exact) mass is 379 g/mol. The van der Waals surface area contributed by atoms with E-state index in [1.165, 1.54) is 12.1 Å². The van der Waals surface area contributed by atoms with E-state index in [0.717, 1.165) is 10.4 Å². The van der Waals surface area contributed by atoms with Crippen molar-refractivity contribution in [1.29, 1.82) is 0 Å². The summed E-state index contributed by atoms with van der Waals surface area (Å²) in [6, 6.07) is 3.56. The third-order valence-corrected chi connectivity index (χ3v) is 6.46. The van der Waals surface area contributed by atoms with Crippen LogP contribution in [0.1, 0.15) is 19.8 Å². The van der Waals surface area contributed by atoms with Gasteiger partial charge in [-0.2, -0.15) is 4.31 Å². The Kier molecular flexibility index (Phi) is 4.41. The third-order valence-electron chi connectivity index (χ3n) is 3.98. The summed E-state index contributed by atoms with van der Waals surface area (Å²) in [6.07, 6.45) is 0.611. The maximum Gasteiger partial charge on any atom is 0.311 e. The van der Waals surface area contributed by atoms with Crippen molar-refractivity contribution < 1.29 is 22.7 Å². The van der Waals surface area contributed by atoms with Gasteiger partial charge in [-0.05, 0) is 47.0 Å². The zero-order chi connectivity index (χ0) is 15.8. The molecule has 1 saturated heterocycles. The van der Waals surface area contributed by atoms with Crippen LogP contribution in [0.25, 0.3) is 0 Å². The molecule has 1 aliphatic heterocycles. The fourth-order valence-electron chi connectivity index (χ4n) is 2.44. The molecule has 1 heterocycles. The number of carboxylic acid groups (broad SMARTS) is 1. The van der Waals surface area contributed by atoms with E-state index in [1.54, 1.807) is 6.92 Å². The SMILES string of the molecule is CCC1(C(=O)O)CCN(S(=O)(=O)c2ccc(Br)c(F)c2)C1. The minimum atomic E-state index is -3.88. The lowest BCUT2D eigenvalue weighted by Gasteiger charge is -2.23. The molecule has 1 unspecified atom stereocenters. The first kappa shape index (κ1) is 16.4. The van der Waals surface area contributed by atoms with Crippen LogP contribution in [0, 0.1) is 11.2 Å². The Bertz CT molecular complexity index is 679. The minimum absolute atomic E-state index is 0.0845. The number of halogens is 2. The Morgan fingerprint density at radius 2 is 2.19 bits per heavy atom. The summed E-state index contributed by atoms with van der Waals surface area (Å²) < 4.78 is 39.8. The van der Waals surface area contributed by atoms with Crippen LogP contribution in [0.3, 0.4) is 0 Å². The number of hydrogen-bond donors (Lipinski definition) is 1. The summed E-state index contributed by atoms with van der Waals surface area (Å²) in [6.45, 7) is 1.77. The van der Waals surface area contributed by atoms with Crippen molar-refractivity contribution >= 4 is 31.9 Å². The molecule has 8 heteroatoms. The predicted molar refractivity (Wildman–Crippen MR) is 77.8 cm³/mol. The number of nitrogens with zero attached hydrogens (tertiary/aromatic N) is 1. The summed E-state index contributed by atoms with van der Waals surface area (Å²) in [4.78, 5) is 11.2. The molecule has 1 aromatic carbocycles. The molecule has 116 valence electrons. The van der Waals surface area contributed by atoms with E-state index in [1.807, 2.05) is 0 Å². The normalized spacial score (nSPS) is 23.4. The van der Waals surface area contributed by atoms with Crippen molar-refractivity contribution in [2.45, 2.75) is 24.7 Å². The molecule has 0 aromatic heterocycles. The summed E-state index contributed by atoms with van der Waals surface area (Å²) in [5.74, 6) is -1.67. The van der Waals surface area contributed by atoms with Gasteiger partial charge in [0.25, 0.3) is 0 Å². The van der Waals surface area contributed by atoms with Gasteiger partial charge in [-0.1, -0.05) is 6.92 Å². The maximum atomic E-state index is 13.5. The van der Waals surface area contributed by atoms with Gasteiger partial charge in [0.05, 0.1) is 14.8 Å². The number of carboxylic acids is 1. The van der Waals surface area contributed by atoms with Crippen molar-refractivity contribution in [1.82, 2.24) is 4.31 Å². The summed E-state index contributed by atoms with van der Waals surface area (Å²) >= 11 is 2.97. The molecule has 0 saturated carbocycles. The van der Waals surface area contributed by atoms with Crippen LogP contribution >= 0.6 is 15.9 Å². The Balaban J connectivity index is 2.33. The number of aliphatic carboxylic acids is 1. The molecular weight excluding hydrogens is 365 g/mol. The van der Waals surface area contributed by atoms with Gasteiger partial charge in [-0.25, -0.2) is 12.8 Å². The lowest BCUT2D eigenvalue weighted by atomic mass is 9.85. The van der Waals surface area contributed by atoms with Crippen LogP contribution < -0.4 is 0 Å². The third kappa shape index (κ3) is 2.84. The van der Waals surface area contributed by atoms with E-state index in [-0.39, 0.29) is 28.9 Å². The van der Waals surface area contributed by atoms with E-state index >= 15 is 0 Å². The van der Waals surface area contributed by atoms with Crippen molar-refractivity contribution in [2.24, 2.45) is 5.41 Å². The molecule has 0 bridgehead atoms. The molecule has 1 fully saturated rings. The lowest BCUT2D eigenvalue weighted by Crippen LogP contribution is -2.36. The first-order valence-electron chi connectivity index (χ1n) is 6.41. The van der Waals surface area contributed by atoms with Gasteiger partial charge in [0.2, 0.25) is 10.0 Å². The average molecular weight is 380 g/mol. The summed E-state index contributed by atoms with van der Waals surface area (Å²) in [7, 11) is -3.88. The molecule has 1 aliphatic rings. The highest BCUT2D eigenvalue weighted by Gasteiger charge is 2.47. The van der Waals surface area contributed by atoms with Gasteiger partial charge in [0.15, 0.2) is 0 Å².